The van der Waals surface area contributed by atoms with Crippen molar-refractivity contribution in [1.29, 1.82) is 5.26 Å². The summed E-state index contributed by atoms with van der Waals surface area (Å²) < 4.78 is 5.14. The molecule has 5 heteroatoms. The van der Waals surface area contributed by atoms with E-state index >= 15 is 0 Å². The lowest BCUT2D eigenvalue weighted by Crippen LogP contribution is -2.36. The molecule has 2 unspecified atom stereocenters. The Hall–Kier alpha value is -2.06. The van der Waals surface area contributed by atoms with Crippen LogP contribution in [0, 0.1) is 17.2 Å². The van der Waals surface area contributed by atoms with Gasteiger partial charge < -0.3 is 15.2 Å². The highest BCUT2D eigenvalue weighted by molar-refractivity contribution is 5.78. The van der Waals surface area contributed by atoms with E-state index in [0.717, 1.165) is 12.0 Å². The van der Waals surface area contributed by atoms with Crippen molar-refractivity contribution in [2.24, 2.45) is 5.92 Å². The van der Waals surface area contributed by atoms with Crippen LogP contribution in [0.2, 0.25) is 0 Å². The number of rotatable bonds is 8. The minimum atomic E-state index is -0.513. The van der Waals surface area contributed by atoms with Crippen molar-refractivity contribution >= 4 is 5.91 Å². The van der Waals surface area contributed by atoms with Gasteiger partial charge in [0.15, 0.2) is 6.61 Å². The molecule has 0 saturated heterocycles. The zero-order valence-corrected chi connectivity index (χ0v) is 12.5. The van der Waals surface area contributed by atoms with Crippen LogP contribution < -0.4 is 10.1 Å². The molecule has 1 rings (SSSR count). The highest BCUT2D eigenvalue weighted by Gasteiger charge is 2.13. The number of benzene rings is 1. The molecule has 2 atom stereocenters. The summed E-state index contributed by atoms with van der Waals surface area (Å²) in [4.78, 5) is 11.8. The Bertz CT molecular complexity index is 479. The van der Waals surface area contributed by atoms with E-state index in [0.29, 0.717) is 5.75 Å². The Morgan fingerprint density at radius 3 is 2.67 bits per heavy atom. The van der Waals surface area contributed by atoms with Crippen molar-refractivity contribution < 1.29 is 14.6 Å². The molecule has 114 valence electrons. The van der Waals surface area contributed by atoms with Crippen LogP contribution in [-0.2, 0) is 11.2 Å². The molecule has 0 spiro atoms. The van der Waals surface area contributed by atoms with Crippen LogP contribution in [0.25, 0.3) is 0 Å². The second kappa shape index (κ2) is 8.98. The van der Waals surface area contributed by atoms with Gasteiger partial charge in [0.1, 0.15) is 11.8 Å². The van der Waals surface area contributed by atoms with Gasteiger partial charge in [-0.05, 0) is 23.6 Å². The molecule has 0 heterocycles. The summed E-state index contributed by atoms with van der Waals surface area (Å²) in [5.41, 5.74) is 0.856. The lowest BCUT2D eigenvalue weighted by Gasteiger charge is -2.17. The van der Waals surface area contributed by atoms with Crippen LogP contribution in [0.3, 0.4) is 0 Å². The van der Waals surface area contributed by atoms with Crippen molar-refractivity contribution in [3.05, 3.63) is 29.8 Å². The van der Waals surface area contributed by atoms with Crippen LogP contribution in [0.5, 0.6) is 5.75 Å². The van der Waals surface area contributed by atoms with Crippen LogP contribution in [0.4, 0.5) is 0 Å². The number of aliphatic hydroxyl groups excluding tert-OH is 1. The standard InChI is InChI=1S/C16H22N2O3/c1-3-12(2)15(19)11-18-16(20)10-13-4-6-14(7-5-13)21-9-8-17/h4-7,12,15,19H,3,9-11H2,1-2H3,(H,18,20). The number of amides is 1. The number of ether oxygens (including phenoxy) is 1. The van der Waals surface area contributed by atoms with Gasteiger partial charge in [-0.1, -0.05) is 32.4 Å². The SMILES string of the molecule is CCC(C)C(O)CNC(=O)Cc1ccc(OCC#N)cc1. The summed E-state index contributed by atoms with van der Waals surface area (Å²) in [5, 5.41) is 20.9. The third kappa shape index (κ3) is 6.28. The van der Waals surface area contributed by atoms with E-state index in [-0.39, 0.29) is 31.4 Å². The van der Waals surface area contributed by atoms with Crippen LogP contribution in [-0.4, -0.2) is 30.3 Å². The van der Waals surface area contributed by atoms with Gasteiger partial charge >= 0.3 is 0 Å². The molecular formula is C16H22N2O3. The van der Waals surface area contributed by atoms with E-state index in [1.54, 1.807) is 24.3 Å². The zero-order chi connectivity index (χ0) is 15.7. The number of nitrogens with zero attached hydrogens (tertiary/aromatic N) is 1. The van der Waals surface area contributed by atoms with E-state index in [4.69, 9.17) is 10.00 Å². The first kappa shape index (κ1) is 17.0. The molecule has 0 fully saturated rings. The Morgan fingerprint density at radius 2 is 2.10 bits per heavy atom. The van der Waals surface area contributed by atoms with Gasteiger partial charge in [0.2, 0.25) is 5.91 Å². The highest BCUT2D eigenvalue weighted by atomic mass is 16.5. The summed E-state index contributed by atoms with van der Waals surface area (Å²) >= 11 is 0. The fourth-order valence-corrected chi connectivity index (χ4v) is 1.76. The second-order valence-electron chi connectivity index (χ2n) is 5.02. The summed E-state index contributed by atoms with van der Waals surface area (Å²) in [6, 6.07) is 8.93. The second-order valence-corrected chi connectivity index (χ2v) is 5.02. The fourth-order valence-electron chi connectivity index (χ4n) is 1.76. The van der Waals surface area contributed by atoms with Gasteiger partial charge in [-0.3, -0.25) is 4.79 Å². The quantitative estimate of drug-likeness (QED) is 0.762. The Kier molecular flexibility index (Phi) is 7.27. The number of hydrogen-bond donors (Lipinski definition) is 2. The lowest BCUT2D eigenvalue weighted by atomic mass is 10.0. The van der Waals surface area contributed by atoms with Crippen LogP contribution in [0.1, 0.15) is 25.8 Å². The predicted octanol–water partition coefficient (Wildman–Crippen LogP) is 1.65. The van der Waals surface area contributed by atoms with E-state index in [9.17, 15) is 9.90 Å². The van der Waals surface area contributed by atoms with Crippen molar-refractivity contribution in [3.8, 4) is 11.8 Å². The van der Waals surface area contributed by atoms with Gasteiger partial charge in [0.05, 0.1) is 12.5 Å². The summed E-state index contributed by atoms with van der Waals surface area (Å²) in [5.74, 6) is 0.651. The molecule has 0 aliphatic rings. The topological polar surface area (TPSA) is 82.3 Å². The molecule has 21 heavy (non-hydrogen) atoms. The molecule has 1 aromatic rings. The van der Waals surface area contributed by atoms with Gasteiger partial charge in [0.25, 0.3) is 0 Å². The smallest absolute Gasteiger partial charge is 0.224 e. The number of carbonyl (C=O) groups is 1. The van der Waals surface area contributed by atoms with E-state index in [1.807, 2.05) is 19.9 Å². The Labute approximate surface area is 125 Å². The molecule has 1 amide bonds. The molecule has 0 radical (unpaired) electrons. The summed E-state index contributed by atoms with van der Waals surface area (Å²) in [6.07, 6.45) is 0.619. The average Bonchev–Trinajstić information content (AvgIpc) is 2.51. The maximum Gasteiger partial charge on any atom is 0.224 e. The van der Waals surface area contributed by atoms with Gasteiger partial charge in [-0.25, -0.2) is 0 Å². The first-order valence-corrected chi connectivity index (χ1v) is 7.10. The third-order valence-electron chi connectivity index (χ3n) is 3.40. The molecule has 1 aromatic carbocycles. The highest BCUT2D eigenvalue weighted by Crippen LogP contribution is 2.12. The summed E-state index contributed by atoms with van der Waals surface area (Å²) in [7, 11) is 0. The molecule has 2 N–H and O–H groups in total. The fraction of sp³-hybridized carbons (Fsp3) is 0.500. The summed E-state index contributed by atoms with van der Waals surface area (Å²) in [6.45, 7) is 4.24. The number of hydrogen-bond acceptors (Lipinski definition) is 4. The average molecular weight is 290 g/mol. The Balaban J connectivity index is 2.39. The zero-order valence-electron chi connectivity index (χ0n) is 12.5. The monoisotopic (exact) mass is 290 g/mol. The third-order valence-corrected chi connectivity index (χ3v) is 3.40. The first-order valence-electron chi connectivity index (χ1n) is 7.10. The van der Waals surface area contributed by atoms with E-state index in [2.05, 4.69) is 5.32 Å². The maximum absolute atomic E-state index is 11.8. The molecule has 0 aliphatic heterocycles. The number of aliphatic hydroxyl groups is 1. The maximum atomic E-state index is 11.8. The van der Waals surface area contributed by atoms with Crippen molar-refractivity contribution in [2.75, 3.05) is 13.2 Å². The van der Waals surface area contributed by atoms with Crippen molar-refractivity contribution in [2.45, 2.75) is 32.8 Å². The van der Waals surface area contributed by atoms with Gasteiger partial charge in [-0.2, -0.15) is 5.26 Å². The van der Waals surface area contributed by atoms with Crippen molar-refractivity contribution in [3.63, 3.8) is 0 Å². The lowest BCUT2D eigenvalue weighted by molar-refractivity contribution is -0.121. The number of nitrogens with one attached hydrogen (secondary N) is 1. The predicted molar refractivity (Wildman–Crippen MR) is 79.7 cm³/mol. The first-order chi connectivity index (χ1) is 10.1. The molecular weight excluding hydrogens is 268 g/mol. The molecule has 0 aromatic heterocycles. The van der Waals surface area contributed by atoms with E-state index in [1.165, 1.54) is 0 Å². The van der Waals surface area contributed by atoms with Crippen molar-refractivity contribution in [1.82, 2.24) is 5.32 Å². The molecule has 5 nitrogen and oxygen atoms in total. The van der Waals surface area contributed by atoms with E-state index < -0.39 is 6.10 Å². The molecule has 0 bridgehead atoms. The van der Waals surface area contributed by atoms with Gasteiger partial charge in [0, 0.05) is 6.54 Å². The van der Waals surface area contributed by atoms with Gasteiger partial charge in [-0.15, -0.1) is 0 Å². The molecule has 0 saturated carbocycles. The van der Waals surface area contributed by atoms with Crippen LogP contribution >= 0.6 is 0 Å². The largest absolute Gasteiger partial charge is 0.479 e. The normalized spacial score (nSPS) is 13.0. The van der Waals surface area contributed by atoms with Crippen LogP contribution in [0.15, 0.2) is 24.3 Å². The minimum Gasteiger partial charge on any atom is -0.479 e. The molecule has 0 aliphatic carbocycles. The number of nitriles is 1. The Morgan fingerprint density at radius 1 is 1.43 bits per heavy atom. The minimum absolute atomic E-state index is 0.00728. The number of carbonyl (C=O) groups excluding carboxylic acids is 1.